The quantitative estimate of drug-likeness (QED) is 0.148. The molecule has 0 fully saturated rings. The van der Waals surface area contributed by atoms with Crippen LogP contribution in [0.5, 0.6) is 0 Å². The molecular weight excluding hydrogens is 743 g/mol. The highest BCUT2D eigenvalue weighted by molar-refractivity contribution is 7.25. The highest BCUT2D eigenvalue weighted by Gasteiger charge is 2.15. The fourth-order valence-corrected chi connectivity index (χ4v) is 9.68. The zero-order valence-electron chi connectivity index (χ0n) is 32.9. The van der Waals surface area contributed by atoms with Gasteiger partial charge in [-0.1, -0.05) is 176 Å². The van der Waals surface area contributed by atoms with Gasteiger partial charge < -0.3 is 4.90 Å². The molecule has 60 heavy (non-hydrogen) atoms. The van der Waals surface area contributed by atoms with Gasteiger partial charge in [0.25, 0.3) is 0 Å². The molecule has 0 aliphatic rings. The molecule has 282 valence electrons. The van der Waals surface area contributed by atoms with E-state index < -0.39 is 0 Å². The third kappa shape index (κ3) is 6.73. The highest BCUT2D eigenvalue weighted by Crippen LogP contribution is 2.40. The summed E-state index contributed by atoms with van der Waals surface area (Å²) in [6.07, 6.45) is 0. The molecule has 0 saturated carbocycles. The van der Waals surface area contributed by atoms with Gasteiger partial charge in [0.15, 0.2) is 0 Å². The van der Waals surface area contributed by atoms with Crippen molar-refractivity contribution in [2.24, 2.45) is 0 Å². The van der Waals surface area contributed by atoms with Gasteiger partial charge in [0.05, 0.1) is 0 Å². The summed E-state index contributed by atoms with van der Waals surface area (Å²) in [5.74, 6) is 0. The summed E-state index contributed by atoms with van der Waals surface area (Å²) in [5, 5.41) is 5.16. The van der Waals surface area contributed by atoms with Crippen molar-refractivity contribution in [2.75, 3.05) is 4.90 Å². The van der Waals surface area contributed by atoms with Gasteiger partial charge in [0, 0.05) is 37.2 Å². The van der Waals surface area contributed by atoms with Crippen LogP contribution in [0.25, 0.3) is 86.6 Å². The molecule has 1 aromatic heterocycles. The molecule has 11 aromatic rings. The van der Waals surface area contributed by atoms with Crippen molar-refractivity contribution in [2.45, 2.75) is 0 Å². The van der Waals surface area contributed by atoms with E-state index in [1.165, 1.54) is 86.6 Å². The molecule has 0 aliphatic heterocycles. The van der Waals surface area contributed by atoms with Crippen LogP contribution in [-0.2, 0) is 0 Å². The van der Waals surface area contributed by atoms with E-state index in [-0.39, 0.29) is 0 Å². The number of nitrogens with zero attached hydrogens (tertiary/aromatic N) is 1. The lowest BCUT2D eigenvalue weighted by molar-refractivity contribution is 1.28. The average Bonchev–Trinajstić information content (AvgIpc) is 3.71. The first kappa shape index (κ1) is 35.6. The fourth-order valence-electron chi connectivity index (χ4n) is 8.59. The minimum absolute atomic E-state index is 1.10. The SMILES string of the molecule is c1ccc(-c2ccc(-c3ccc(N(c4ccc(-c5cccc(-c6cccc7ccccc67)c5)cc4)c4ccc(-c5ccc6sc7ccccc7c6c5)cc4)cc3)cc2)cc1. The van der Waals surface area contributed by atoms with Crippen LogP contribution in [0.2, 0.25) is 0 Å². The minimum atomic E-state index is 1.10. The summed E-state index contributed by atoms with van der Waals surface area (Å²) in [6.45, 7) is 0. The Hall–Kier alpha value is -7.52. The van der Waals surface area contributed by atoms with Crippen molar-refractivity contribution >= 4 is 59.3 Å². The Morgan fingerprint density at radius 1 is 0.250 bits per heavy atom. The first-order valence-electron chi connectivity index (χ1n) is 20.5. The summed E-state index contributed by atoms with van der Waals surface area (Å²) >= 11 is 1.86. The van der Waals surface area contributed by atoms with E-state index >= 15 is 0 Å². The van der Waals surface area contributed by atoms with Crippen molar-refractivity contribution in [1.82, 2.24) is 0 Å². The van der Waals surface area contributed by atoms with E-state index in [2.05, 4.69) is 241 Å². The molecule has 0 spiro atoms. The Bertz CT molecular complexity index is 3270. The number of fused-ring (bicyclic) bond motifs is 4. The fraction of sp³-hybridized carbons (Fsp3) is 0. The smallest absolute Gasteiger partial charge is 0.0462 e. The van der Waals surface area contributed by atoms with Gasteiger partial charge in [0.2, 0.25) is 0 Å². The largest absolute Gasteiger partial charge is 0.311 e. The number of thiophene rings is 1. The molecule has 0 N–H and O–H groups in total. The van der Waals surface area contributed by atoms with E-state index in [4.69, 9.17) is 0 Å². The monoisotopic (exact) mass is 781 g/mol. The van der Waals surface area contributed by atoms with Crippen molar-refractivity contribution in [3.05, 3.63) is 237 Å². The molecule has 0 bridgehead atoms. The number of benzene rings is 10. The second-order valence-corrected chi connectivity index (χ2v) is 16.4. The van der Waals surface area contributed by atoms with Crippen LogP contribution in [-0.4, -0.2) is 0 Å². The zero-order chi connectivity index (χ0) is 39.8. The van der Waals surface area contributed by atoms with Crippen LogP contribution in [0.15, 0.2) is 237 Å². The summed E-state index contributed by atoms with van der Waals surface area (Å²) in [7, 11) is 0. The normalized spacial score (nSPS) is 11.3. The van der Waals surface area contributed by atoms with Gasteiger partial charge in [-0.2, -0.15) is 0 Å². The molecule has 0 aliphatic carbocycles. The second-order valence-electron chi connectivity index (χ2n) is 15.3. The Kier molecular flexibility index (Phi) is 9.11. The van der Waals surface area contributed by atoms with Crippen LogP contribution in [0.3, 0.4) is 0 Å². The molecule has 0 radical (unpaired) electrons. The second kappa shape index (κ2) is 15.3. The first-order chi connectivity index (χ1) is 29.7. The van der Waals surface area contributed by atoms with Gasteiger partial charge in [0.1, 0.15) is 0 Å². The Labute approximate surface area is 354 Å². The Morgan fingerprint density at radius 2 is 0.667 bits per heavy atom. The summed E-state index contributed by atoms with van der Waals surface area (Å²) in [6, 6.07) is 86.1. The van der Waals surface area contributed by atoms with Gasteiger partial charge in [-0.3, -0.25) is 0 Å². The van der Waals surface area contributed by atoms with Crippen LogP contribution in [0.1, 0.15) is 0 Å². The van der Waals surface area contributed by atoms with E-state index in [1.54, 1.807) is 0 Å². The Morgan fingerprint density at radius 3 is 1.32 bits per heavy atom. The van der Waals surface area contributed by atoms with Crippen LogP contribution < -0.4 is 4.90 Å². The number of anilines is 3. The lowest BCUT2D eigenvalue weighted by atomic mass is 9.95. The van der Waals surface area contributed by atoms with Gasteiger partial charge >= 0.3 is 0 Å². The van der Waals surface area contributed by atoms with E-state index in [9.17, 15) is 0 Å². The maximum Gasteiger partial charge on any atom is 0.0462 e. The molecule has 11 rings (SSSR count). The molecule has 0 amide bonds. The van der Waals surface area contributed by atoms with Crippen molar-refractivity contribution in [3.63, 3.8) is 0 Å². The van der Waals surface area contributed by atoms with Crippen molar-refractivity contribution in [1.29, 1.82) is 0 Å². The molecule has 0 saturated heterocycles. The maximum atomic E-state index is 2.36. The van der Waals surface area contributed by atoms with Gasteiger partial charge in [-0.05, 0) is 127 Å². The van der Waals surface area contributed by atoms with Crippen LogP contribution in [0, 0.1) is 0 Å². The standard InChI is InChI=1S/C58H39NS/c1-2-10-40(11-3-1)41-20-22-42(23-21-41)43-24-31-50(32-25-43)59(52-35-28-45(29-36-52)48-30-37-58-56(39-48)55-17-6-7-19-57(55)60-58)51-33-26-44(27-34-51)47-14-8-15-49(38-47)54-18-9-13-46-12-4-5-16-53(46)54/h1-39H. The third-order valence-corrected chi connectivity index (χ3v) is 12.9. The molecule has 2 heteroatoms. The minimum Gasteiger partial charge on any atom is -0.311 e. The highest BCUT2D eigenvalue weighted by atomic mass is 32.1. The predicted octanol–water partition coefficient (Wildman–Crippen LogP) is 17.0. The first-order valence-corrected chi connectivity index (χ1v) is 21.3. The zero-order valence-corrected chi connectivity index (χ0v) is 33.7. The summed E-state index contributed by atoms with van der Waals surface area (Å²) < 4.78 is 2.65. The number of hydrogen-bond acceptors (Lipinski definition) is 2. The number of hydrogen-bond donors (Lipinski definition) is 0. The van der Waals surface area contributed by atoms with E-state index in [1.807, 2.05) is 11.3 Å². The van der Waals surface area contributed by atoms with E-state index in [0.717, 1.165) is 17.1 Å². The molecule has 0 unspecified atom stereocenters. The predicted molar refractivity (Wildman–Crippen MR) is 259 cm³/mol. The van der Waals surface area contributed by atoms with Gasteiger partial charge in [-0.15, -0.1) is 11.3 Å². The van der Waals surface area contributed by atoms with Gasteiger partial charge in [-0.25, -0.2) is 0 Å². The summed E-state index contributed by atoms with van der Waals surface area (Å²) in [5.41, 5.74) is 15.4. The third-order valence-electron chi connectivity index (χ3n) is 11.7. The Balaban J connectivity index is 0.939. The number of rotatable bonds is 8. The van der Waals surface area contributed by atoms with Crippen molar-refractivity contribution in [3.8, 4) is 55.6 Å². The molecule has 10 aromatic carbocycles. The summed E-state index contributed by atoms with van der Waals surface area (Å²) in [4.78, 5) is 2.36. The van der Waals surface area contributed by atoms with E-state index in [0.29, 0.717) is 0 Å². The topological polar surface area (TPSA) is 3.24 Å². The van der Waals surface area contributed by atoms with Crippen LogP contribution >= 0.6 is 11.3 Å². The maximum absolute atomic E-state index is 2.36. The molecule has 0 atom stereocenters. The molecular formula is C58H39NS. The molecule has 1 nitrogen and oxygen atoms in total. The average molecular weight is 782 g/mol. The van der Waals surface area contributed by atoms with Crippen LogP contribution in [0.4, 0.5) is 17.1 Å². The lowest BCUT2D eigenvalue weighted by Crippen LogP contribution is -2.09. The van der Waals surface area contributed by atoms with Crippen molar-refractivity contribution < 1.29 is 0 Å². The lowest BCUT2D eigenvalue weighted by Gasteiger charge is -2.26. The molecule has 1 heterocycles.